The summed E-state index contributed by atoms with van der Waals surface area (Å²) >= 11 is 14.8. The van der Waals surface area contributed by atoms with E-state index in [-0.39, 0.29) is 5.38 Å². The number of halogens is 2. The van der Waals surface area contributed by atoms with Crippen LogP contribution in [0.25, 0.3) is 0 Å². The summed E-state index contributed by atoms with van der Waals surface area (Å²) in [4.78, 5) is 2.79. The van der Waals surface area contributed by atoms with Gasteiger partial charge in [0.25, 0.3) is 0 Å². The molecule has 4 aliphatic rings. The molecule has 6 heteroatoms. The van der Waals surface area contributed by atoms with Crippen molar-refractivity contribution in [3.8, 4) is 0 Å². The number of piperidine rings is 1. The van der Waals surface area contributed by atoms with E-state index in [2.05, 4.69) is 54.8 Å². The number of nitrogens with one attached hydrogen (secondary N) is 2. The van der Waals surface area contributed by atoms with Crippen molar-refractivity contribution in [2.75, 3.05) is 32.7 Å². The quantitative estimate of drug-likeness (QED) is 0.145. The standard InChI is InChI=1S/C32H57Cl2N3S/c1-23(2)30(21-37-17-16-28(32(3,4)22-37)26-12-14-27(33)15-13-26)35-19-24-8-7-9-25(18-24)20-36-38-31-11-6-5-10-29(31)34/h5,10,23-31,35-36H,6-9,11-22H2,1-4H3/t24?,25?,26?,27?,28-,29?,30+,31?/m1/s1. The summed E-state index contributed by atoms with van der Waals surface area (Å²) in [6, 6.07) is 0.586. The maximum absolute atomic E-state index is 6.49. The second-order valence-corrected chi connectivity index (χ2v) is 16.5. The number of likely N-dealkylation sites (tertiary alicyclic amines) is 1. The van der Waals surface area contributed by atoms with Crippen molar-refractivity contribution in [1.82, 2.24) is 14.9 Å². The monoisotopic (exact) mass is 585 g/mol. The lowest BCUT2D eigenvalue weighted by molar-refractivity contribution is 0.00453. The minimum absolute atomic E-state index is 0.180. The third-order valence-electron chi connectivity index (χ3n) is 10.4. The summed E-state index contributed by atoms with van der Waals surface area (Å²) in [5, 5.41) is 5.20. The molecule has 1 heterocycles. The zero-order chi connectivity index (χ0) is 27.1. The summed E-state index contributed by atoms with van der Waals surface area (Å²) in [5.74, 6) is 4.05. The molecule has 1 saturated heterocycles. The van der Waals surface area contributed by atoms with E-state index < -0.39 is 0 Å². The van der Waals surface area contributed by atoms with Gasteiger partial charge in [-0.2, -0.15) is 0 Å². The first-order valence-corrected chi connectivity index (χ1v) is 17.8. The molecule has 4 rings (SSSR count). The zero-order valence-electron chi connectivity index (χ0n) is 24.8. The molecule has 0 spiro atoms. The summed E-state index contributed by atoms with van der Waals surface area (Å²) in [7, 11) is 0. The van der Waals surface area contributed by atoms with Crippen LogP contribution in [0.2, 0.25) is 0 Å². The van der Waals surface area contributed by atoms with Gasteiger partial charge < -0.3 is 10.2 Å². The topological polar surface area (TPSA) is 27.3 Å². The lowest BCUT2D eigenvalue weighted by atomic mass is 9.64. The van der Waals surface area contributed by atoms with Crippen molar-refractivity contribution in [3.05, 3.63) is 12.2 Å². The second-order valence-electron chi connectivity index (χ2n) is 14.2. The molecule has 4 unspecified atom stereocenters. The second kappa shape index (κ2) is 15.1. The van der Waals surface area contributed by atoms with Crippen molar-refractivity contribution in [3.63, 3.8) is 0 Å². The number of rotatable bonds is 11. The summed E-state index contributed by atoms with van der Waals surface area (Å²) in [5.41, 5.74) is 0.405. The zero-order valence-corrected chi connectivity index (χ0v) is 27.1. The normalized spacial score (nSPS) is 37.4. The fraction of sp³-hybridized carbons (Fsp3) is 0.938. The predicted octanol–water partition coefficient (Wildman–Crippen LogP) is 8.12. The van der Waals surface area contributed by atoms with Gasteiger partial charge in [-0.25, -0.2) is 0 Å². The number of hydrogen-bond donors (Lipinski definition) is 2. The summed E-state index contributed by atoms with van der Waals surface area (Å²) < 4.78 is 3.71. The Balaban J connectivity index is 1.18. The number of nitrogens with zero attached hydrogens (tertiary/aromatic N) is 1. The molecular formula is C32H57Cl2N3S. The highest BCUT2D eigenvalue weighted by molar-refractivity contribution is 7.98. The van der Waals surface area contributed by atoms with Crippen LogP contribution in [0.4, 0.5) is 0 Å². The third kappa shape index (κ3) is 9.28. The maximum Gasteiger partial charge on any atom is 0.0647 e. The smallest absolute Gasteiger partial charge is 0.0647 e. The van der Waals surface area contributed by atoms with Gasteiger partial charge in [0.2, 0.25) is 0 Å². The Morgan fingerprint density at radius 3 is 2.39 bits per heavy atom. The summed E-state index contributed by atoms with van der Waals surface area (Å²) in [6.07, 6.45) is 18.8. The lowest BCUT2D eigenvalue weighted by Crippen LogP contribution is -2.53. The SMILES string of the molecule is CC(C)[C@H](CN1CC[C@H](C2CCC(Cl)CC2)C(C)(C)C1)NCC1CCCC(CNSC2CCC=CC2Cl)C1. The van der Waals surface area contributed by atoms with E-state index in [0.717, 1.165) is 30.2 Å². The van der Waals surface area contributed by atoms with Gasteiger partial charge in [0.05, 0.1) is 5.38 Å². The van der Waals surface area contributed by atoms with E-state index in [9.17, 15) is 0 Å². The van der Waals surface area contributed by atoms with Crippen LogP contribution in [0.5, 0.6) is 0 Å². The largest absolute Gasteiger partial charge is 0.312 e. The van der Waals surface area contributed by atoms with Crippen LogP contribution in [-0.4, -0.2) is 59.7 Å². The maximum atomic E-state index is 6.49. The molecule has 0 aromatic carbocycles. The highest BCUT2D eigenvalue weighted by Gasteiger charge is 2.41. The highest BCUT2D eigenvalue weighted by Crippen LogP contribution is 2.45. The molecule has 38 heavy (non-hydrogen) atoms. The minimum atomic E-state index is 0.180. The van der Waals surface area contributed by atoms with Gasteiger partial charge in [-0.3, -0.25) is 4.72 Å². The Morgan fingerprint density at radius 2 is 1.71 bits per heavy atom. The minimum Gasteiger partial charge on any atom is -0.312 e. The first-order valence-electron chi connectivity index (χ1n) is 16.0. The predicted molar refractivity (Wildman–Crippen MR) is 169 cm³/mol. The lowest BCUT2D eigenvalue weighted by Gasteiger charge is -2.49. The number of alkyl halides is 2. The Kier molecular flexibility index (Phi) is 12.5. The average molecular weight is 587 g/mol. The van der Waals surface area contributed by atoms with Gasteiger partial charge in [-0.15, -0.1) is 23.2 Å². The molecule has 2 saturated carbocycles. The van der Waals surface area contributed by atoms with Crippen molar-refractivity contribution >= 4 is 35.1 Å². The third-order valence-corrected chi connectivity index (χ3v) is 12.6. The van der Waals surface area contributed by atoms with E-state index in [1.54, 1.807) is 0 Å². The van der Waals surface area contributed by atoms with Crippen LogP contribution in [-0.2, 0) is 0 Å². The first kappa shape index (κ1) is 31.5. The molecule has 0 bridgehead atoms. The van der Waals surface area contributed by atoms with Crippen molar-refractivity contribution in [1.29, 1.82) is 0 Å². The van der Waals surface area contributed by atoms with E-state index in [1.807, 2.05) is 11.9 Å². The molecular weight excluding hydrogens is 529 g/mol. The van der Waals surface area contributed by atoms with Gasteiger partial charge in [-0.1, -0.05) is 58.2 Å². The highest BCUT2D eigenvalue weighted by atomic mass is 35.5. The summed E-state index contributed by atoms with van der Waals surface area (Å²) in [6.45, 7) is 16.0. The van der Waals surface area contributed by atoms with Gasteiger partial charge in [0.1, 0.15) is 0 Å². The van der Waals surface area contributed by atoms with Crippen molar-refractivity contribution in [2.45, 2.75) is 120 Å². The van der Waals surface area contributed by atoms with Crippen molar-refractivity contribution < 1.29 is 0 Å². The number of allylic oxidation sites excluding steroid dienone is 2. The number of hydrogen-bond acceptors (Lipinski definition) is 4. The first-order chi connectivity index (χ1) is 18.2. The average Bonchev–Trinajstić information content (AvgIpc) is 2.88. The van der Waals surface area contributed by atoms with E-state index in [4.69, 9.17) is 23.2 Å². The molecule has 3 aliphatic carbocycles. The van der Waals surface area contributed by atoms with Gasteiger partial charge >= 0.3 is 0 Å². The fourth-order valence-corrected chi connectivity index (χ4v) is 9.70. The van der Waals surface area contributed by atoms with Gasteiger partial charge in [-0.05, 0) is 112 Å². The molecule has 0 radical (unpaired) electrons. The van der Waals surface area contributed by atoms with Gasteiger partial charge in [0.15, 0.2) is 0 Å². The van der Waals surface area contributed by atoms with Crippen LogP contribution in [0.3, 0.4) is 0 Å². The van der Waals surface area contributed by atoms with Crippen LogP contribution in [0, 0.1) is 35.0 Å². The van der Waals surface area contributed by atoms with Crippen LogP contribution >= 0.6 is 35.1 Å². The Hall–Kier alpha value is 0.550. The van der Waals surface area contributed by atoms with E-state index in [0.29, 0.717) is 28.0 Å². The molecule has 0 aromatic heterocycles. The molecule has 6 atom stereocenters. The molecule has 3 nitrogen and oxygen atoms in total. The van der Waals surface area contributed by atoms with Crippen LogP contribution in [0.1, 0.15) is 98.3 Å². The van der Waals surface area contributed by atoms with Crippen molar-refractivity contribution in [2.24, 2.45) is 35.0 Å². The Morgan fingerprint density at radius 1 is 0.974 bits per heavy atom. The molecule has 3 fully saturated rings. The molecule has 0 aromatic rings. The molecule has 1 aliphatic heterocycles. The fourth-order valence-electron chi connectivity index (χ4n) is 8.04. The molecule has 220 valence electrons. The Bertz CT molecular complexity index is 723. The van der Waals surface area contributed by atoms with Crippen LogP contribution < -0.4 is 10.0 Å². The molecule has 0 amide bonds. The Labute approximate surface area is 249 Å². The van der Waals surface area contributed by atoms with Crippen LogP contribution in [0.15, 0.2) is 12.2 Å². The van der Waals surface area contributed by atoms with E-state index >= 15 is 0 Å². The van der Waals surface area contributed by atoms with E-state index in [1.165, 1.54) is 96.8 Å². The van der Waals surface area contributed by atoms with Gasteiger partial charge in [0, 0.05) is 36.3 Å². The molecule has 2 N–H and O–H groups in total.